The lowest BCUT2D eigenvalue weighted by atomic mass is 9.70. The number of anilines is 1. The van der Waals surface area contributed by atoms with Crippen LogP contribution in [0.3, 0.4) is 0 Å². The fourth-order valence-corrected chi connectivity index (χ4v) is 8.73. The minimum absolute atomic E-state index is 0.0196. The molecule has 2 aromatic carbocycles. The number of fused-ring (bicyclic) bond motifs is 3. The molecule has 0 aromatic heterocycles. The largest absolute Gasteiger partial charge is 0.487 e. The van der Waals surface area contributed by atoms with Crippen molar-refractivity contribution in [2.24, 2.45) is 17.8 Å². The van der Waals surface area contributed by atoms with Gasteiger partial charge in [-0.15, -0.1) is 0 Å². The molecule has 2 N–H and O–H groups in total. The molecule has 1 aliphatic carbocycles. The van der Waals surface area contributed by atoms with Gasteiger partial charge in [0.05, 0.1) is 23.6 Å². The molecule has 2 bridgehead atoms. The van der Waals surface area contributed by atoms with E-state index in [0.717, 1.165) is 48.9 Å². The number of amides is 3. The van der Waals surface area contributed by atoms with Crippen molar-refractivity contribution in [3.05, 3.63) is 70.3 Å². The standard InChI is InChI=1S/C37H47ClN4O7S/c1-24-6-5-8-33(49-23-36(44)42-17-15-39-35(43)21-42)31-13-10-28(31)20-41-16-4-3-7-26-18-30(38)12-9-29(26)22-48-34-14-11-27(19-32(34)41)37(45)40-50(46,47)25(24)2/h5,8-9,11-12,14,18-19,24-25,28,31,33H,3-4,6-7,10,13,15-17,20-23H2,1-2H3,(H,39,43)(H,40,45)/b8-5+/t24-,25+,28-,31+,33-/m0/s1. The zero-order chi connectivity index (χ0) is 35.4. The van der Waals surface area contributed by atoms with E-state index in [1.807, 2.05) is 37.3 Å². The molecule has 13 heteroatoms. The summed E-state index contributed by atoms with van der Waals surface area (Å²) in [5, 5.41) is 2.58. The van der Waals surface area contributed by atoms with Crippen molar-refractivity contribution in [1.29, 1.82) is 0 Å². The number of aryl methyl sites for hydroxylation is 1. The topological polar surface area (TPSA) is 134 Å². The highest BCUT2D eigenvalue weighted by atomic mass is 35.5. The number of benzene rings is 2. The summed E-state index contributed by atoms with van der Waals surface area (Å²) in [7, 11) is -4.00. The van der Waals surface area contributed by atoms with Crippen molar-refractivity contribution < 1.29 is 32.3 Å². The zero-order valence-electron chi connectivity index (χ0n) is 28.7. The predicted octanol–water partition coefficient (Wildman–Crippen LogP) is 4.48. The van der Waals surface area contributed by atoms with Crippen LogP contribution in [0.5, 0.6) is 5.75 Å². The summed E-state index contributed by atoms with van der Waals surface area (Å²) < 4.78 is 41.9. The number of piperazine rings is 1. The van der Waals surface area contributed by atoms with E-state index in [-0.39, 0.29) is 54.4 Å². The second-order valence-electron chi connectivity index (χ2n) is 14.1. The van der Waals surface area contributed by atoms with Gasteiger partial charge in [0.2, 0.25) is 21.8 Å². The van der Waals surface area contributed by atoms with Gasteiger partial charge in [0.1, 0.15) is 19.0 Å². The molecule has 0 spiro atoms. The molecular weight excluding hydrogens is 680 g/mol. The molecule has 2 aromatic rings. The van der Waals surface area contributed by atoms with Crippen LogP contribution in [0.2, 0.25) is 5.02 Å². The summed E-state index contributed by atoms with van der Waals surface area (Å²) in [6.45, 7) is 5.87. The number of nitrogens with zero attached hydrogens (tertiary/aromatic N) is 2. The van der Waals surface area contributed by atoms with E-state index in [4.69, 9.17) is 21.1 Å². The molecule has 1 saturated carbocycles. The average Bonchev–Trinajstić information content (AvgIpc) is 3.10. The Morgan fingerprint density at radius 3 is 2.68 bits per heavy atom. The maximum Gasteiger partial charge on any atom is 0.264 e. The van der Waals surface area contributed by atoms with Gasteiger partial charge in [-0.05, 0) is 105 Å². The molecule has 11 nitrogen and oxygen atoms in total. The molecule has 3 amide bonds. The van der Waals surface area contributed by atoms with Crippen LogP contribution < -0.4 is 19.7 Å². The Labute approximate surface area is 299 Å². The van der Waals surface area contributed by atoms with E-state index in [2.05, 4.69) is 14.9 Å². The van der Waals surface area contributed by atoms with Crippen molar-refractivity contribution in [2.45, 2.75) is 70.3 Å². The van der Waals surface area contributed by atoms with Gasteiger partial charge in [-0.3, -0.25) is 14.4 Å². The van der Waals surface area contributed by atoms with E-state index in [1.165, 1.54) is 4.90 Å². The molecule has 5 atom stereocenters. The first-order chi connectivity index (χ1) is 24.0. The Hall–Kier alpha value is -3.61. The van der Waals surface area contributed by atoms with E-state index < -0.39 is 21.2 Å². The normalized spacial score (nSPS) is 27.9. The third kappa shape index (κ3) is 8.46. The number of carbonyl (C=O) groups excluding carboxylic acids is 3. The monoisotopic (exact) mass is 726 g/mol. The highest BCUT2D eigenvalue weighted by Crippen LogP contribution is 2.42. The van der Waals surface area contributed by atoms with Gasteiger partial charge in [0.15, 0.2) is 0 Å². The van der Waals surface area contributed by atoms with Gasteiger partial charge in [-0.2, -0.15) is 0 Å². The molecule has 50 heavy (non-hydrogen) atoms. The first-order valence-electron chi connectivity index (χ1n) is 17.7. The van der Waals surface area contributed by atoms with Crippen molar-refractivity contribution >= 4 is 45.0 Å². The maximum absolute atomic E-state index is 13.5. The summed E-state index contributed by atoms with van der Waals surface area (Å²) in [6, 6.07) is 11.0. The minimum atomic E-state index is -4.00. The SMILES string of the molecule is C[C@@H]1[C@@H](C)C/C=C/[C@H](OCC(=O)N2CCNC(=O)C2)[C@@H]2CC[C@H]2CN2CCCCc3cc(Cl)ccc3COc3ccc(cc32)C(=O)NS1(=O)=O. The average molecular weight is 727 g/mol. The number of hydrogen-bond donors (Lipinski definition) is 2. The summed E-state index contributed by atoms with van der Waals surface area (Å²) in [5.74, 6) is -0.425. The number of rotatable bonds is 3. The van der Waals surface area contributed by atoms with Gasteiger partial charge in [0, 0.05) is 36.8 Å². The Kier molecular flexibility index (Phi) is 11.4. The van der Waals surface area contributed by atoms with Crippen LogP contribution in [0.4, 0.5) is 5.69 Å². The number of sulfonamides is 1. The number of ether oxygens (including phenoxy) is 2. The summed E-state index contributed by atoms with van der Waals surface area (Å²) in [4.78, 5) is 42.2. The molecule has 3 aliphatic heterocycles. The smallest absolute Gasteiger partial charge is 0.264 e. The zero-order valence-corrected chi connectivity index (χ0v) is 30.3. The molecular formula is C37H47ClN4O7S. The second-order valence-corrected chi connectivity index (χ2v) is 16.5. The van der Waals surface area contributed by atoms with Crippen LogP contribution in [0, 0.1) is 17.8 Å². The molecule has 2 fully saturated rings. The van der Waals surface area contributed by atoms with Gasteiger partial charge in [-0.1, -0.05) is 36.7 Å². The van der Waals surface area contributed by atoms with Gasteiger partial charge in [-0.25, -0.2) is 13.1 Å². The Balaban J connectivity index is 1.32. The van der Waals surface area contributed by atoms with Crippen molar-refractivity contribution in [3.8, 4) is 5.75 Å². The lowest BCUT2D eigenvalue weighted by Gasteiger charge is -2.44. The molecule has 4 aliphatic rings. The molecule has 3 heterocycles. The number of allylic oxidation sites excluding steroid dienone is 1. The predicted molar refractivity (Wildman–Crippen MR) is 192 cm³/mol. The maximum atomic E-state index is 13.5. The van der Waals surface area contributed by atoms with Crippen LogP contribution in [-0.4, -0.2) is 81.7 Å². The Morgan fingerprint density at radius 1 is 1.06 bits per heavy atom. The van der Waals surface area contributed by atoms with Gasteiger partial charge < -0.3 is 24.6 Å². The van der Waals surface area contributed by atoms with E-state index >= 15 is 0 Å². The number of hydrogen-bond acceptors (Lipinski definition) is 8. The highest BCUT2D eigenvalue weighted by Gasteiger charge is 2.39. The van der Waals surface area contributed by atoms with Gasteiger partial charge in [0.25, 0.3) is 5.91 Å². The van der Waals surface area contributed by atoms with Crippen LogP contribution in [0.1, 0.15) is 67.4 Å². The van der Waals surface area contributed by atoms with Crippen LogP contribution in [0.15, 0.2) is 48.6 Å². The molecule has 0 unspecified atom stereocenters. The van der Waals surface area contributed by atoms with E-state index in [0.29, 0.717) is 50.0 Å². The van der Waals surface area contributed by atoms with Crippen LogP contribution >= 0.6 is 11.6 Å². The lowest BCUT2D eigenvalue weighted by molar-refractivity contribution is -0.144. The first kappa shape index (κ1) is 36.2. The third-order valence-corrected chi connectivity index (χ3v) is 12.9. The summed E-state index contributed by atoms with van der Waals surface area (Å²) in [5.41, 5.74) is 3.17. The lowest BCUT2D eigenvalue weighted by Crippen LogP contribution is -2.51. The van der Waals surface area contributed by atoms with E-state index in [1.54, 1.807) is 25.1 Å². The summed E-state index contributed by atoms with van der Waals surface area (Å²) in [6.07, 6.45) is 8.53. The first-order valence-corrected chi connectivity index (χ1v) is 19.6. The quantitative estimate of drug-likeness (QED) is 0.443. The minimum Gasteiger partial charge on any atom is -0.487 e. The van der Waals surface area contributed by atoms with Crippen molar-refractivity contribution in [1.82, 2.24) is 14.9 Å². The highest BCUT2D eigenvalue weighted by molar-refractivity contribution is 7.90. The fraction of sp³-hybridized carbons (Fsp3) is 0.541. The van der Waals surface area contributed by atoms with Gasteiger partial charge >= 0.3 is 0 Å². The van der Waals surface area contributed by atoms with Crippen LogP contribution in [0.25, 0.3) is 0 Å². The summed E-state index contributed by atoms with van der Waals surface area (Å²) >= 11 is 6.35. The molecule has 6 rings (SSSR count). The van der Waals surface area contributed by atoms with Crippen molar-refractivity contribution in [3.63, 3.8) is 0 Å². The Bertz CT molecular complexity index is 1730. The third-order valence-electron chi connectivity index (χ3n) is 10.7. The second kappa shape index (κ2) is 15.7. The Morgan fingerprint density at radius 2 is 1.90 bits per heavy atom. The van der Waals surface area contributed by atoms with Crippen LogP contribution in [-0.2, 0) is 37.4 Å². The van der Waals surface area contributed by atoms with E-state index in [9.17, 15) is 22.8 Å². The number of halogens is 1. The molecule has 1 saturated heterocycles. The van der Waals surface area contributed by atoms with Crippen molar-refractivity contribution in [2.75, 3.05) is 44.2 Å². The number of carbonyl (C=O) groups is 3. The number of nitrogens with one attached hydrogen (secondary N) is 2. The fourth-order valence-electron chi connectivity index (χ4n) is 7.25. The molecule has 270 valence electrons. The molecule has 0 radical (unpaired) electrons.